The fourth-order valence-electron chi connectivity index (χ4n) is 3.10. The van der Waals surface area contributed by atoms with E-state index in [9.17, 15) is 9.59 Å². The standard InChI is InChI=1S/C14H25N3O3S/c1-11-9-15(2)4-3-5-16(11)14(20)17-6-7-21-10-12(17)8-13(18)19/h11-12H,3-10H2,1-2H3,(H,18,19). The normalized spacial score (nSPS) is 28.3. The van der Waals surface area contributed by atoms with Crippen molar-refractivity contribution in [3.8, 4) is 0 Å². The lowest BCUT2D eigenvalue weighted by Gasteiger charge is -2.40. The highest BCUT2D eigenvalue weighted by atomic mass is 32.2. The molecule has 0 bridgehead atoms. The summed E-state index contributed by atoms with van der Waals surface area (Å²) in [5, 5.41) is 9.04. The van der Waals surface area contributed by atoms with Crippen molar-refractivity contribution >= 4 is 23.8 Å². The van der Waals surface area contributed by atoms with Gasteiger partial charge in [-0.25, -0.2) is 4.79 Å². The first kappa shape index (κ1) is 16.4. The molecule has 2 amide bonds. The number of rotatable bonds is 2. The van der Waals surface area contributed by atoms with Gasteiger partial charge >= 0.3 is 12.0 Å². The summed E-state index contributed by atoms with van der Waals surface area (Å²) in [4.78, 5) is 29.8. The van der Waals surface area contributed by atoms with E-state index < -0.39 is 5.97 Å². The van der Waals surface area contributed by atoms with Crippen LogP contribution in [0.1, 0.15) is 19.8 Å². The van der Waals surface area contributed by atoms with Crippen LogP contribution in [0, 0.1) is 0 Å². The Morgan fingerprint density at radius 1 is 1.24 bits per heavy atom. The number of nitrogens with zero attached hydrogens (tertiary/aromatic N) is 3. The number of carbonyl (C=O) groups is 2. The molecule has 2 aliphatic heterocycles. The number of hydrogen-bond donors (Lipinski definition) is 1. The predicted molar refractivity (Wildman–Crippen MR) is 83.7 cm³/mol. The number of aliphatic carboxylic acids is 1. The Labute approximate surface area is 130 Å². The highest BCUT2D eigenvalue weighted by Gasteiger charge is 2.34. The third kappa shape index (κ3) is 4.26. The topological polar surface area (TPSA) is 64.1 Å². The van der Waals surface area contributed by atoms with Crippen molar-refractivity contribution < 1.29 is 14.7 Å². The van der Waals surface area contributed by atoms with Crippen LogP contribution in [0.25, 0.3) is 0 Å². The molecule has 0 aromatic heterocycles. The van der Waals surface area contributed by atoms with Crippen molar-refractivity contribution in [2.24, 2.45) is 0 Å². The molecule has 6 nitrogen and oxygen atoms in total. The van der Waals surface area contributed by atoms with Gasteiger partial charge in [0.05, 0.1) is 12.5 Å². The van der Waals surface area contributed by atoms with Gasteiger partial charge in [-0.05, 0) is 26.9 Å². The molecule has 2 saturated heterocycles. The van der Waals surface area contributed by atoms with Crippen LogP contribution < -0.4 is 0 Å². The molecule has 2 aliphatic rings. The summed E-state index contributed by atoms with van der Waals surface area (Å²) in [5.74, 6) is 0.786. The van der Waals surface area contributed by atoms with Gasteiger partial charge in [0.15, 0.2) is 0 Å². The molecule has 0 aliphatic carbocycles. The number of carboxylic acid groups (broad SMARTS) is 1. The van der Waals surface area contributed by atoms with E-state index in [0.29, 0.717) is 6.54 Å². The second kappa shape index (κ2) is 7.35. The van der Waals surface area contributed by atoms with Crippen LogP contribution in [0.5, 0.6) is 0 Å². The quantitative estimate of drug-likeness (QED) is 0.824. The maximum absolute atomic E-state index is 12.8. The summed E-state index contributed by atoms with van der Waals surface area (Å²) >= 11 is 1.73. The van der Waals surface area contributed by atoms with Crippen molar-refractivity contribution in [2.75, 3.05) is 44.7 Å². The van der Waals surface area contributed by atoms with Crippen LogP contribution in [0.4, 0.5) is 4.79 Å². The number of carbonyl (C=O) groups excluding carboxylic acids is 1. The molecule has 2 fully saturated rings. The first-order valence-electron chi connectivity index (χ1n) is 7.54. The van der Waals surface area contributed by atoms with Crippen molar-refractivity contribution in [3.05, 3.63) is 0 Å². The Balaban J connectivity index is 2.06. The van der Waals surface area contributed by atoms with Gasteiger partial charge in [0.25, 0.3) is 0 Å². The number of hydrogen-bond acceptors (Lipinski definition) is 4. The van der Waals surface area contributed by atoms with Crippen LogP contribution in [0.15, 0.2) is 0 Å². The molecule has 0 aromatic rings. The van der Waals surface area contributed by atoms with Crippen molar-refractivity contribution in [3.63, 3.8) is 0 Å². The maximum atomic E-state index is 12.8. The molecule has 2 rings (SSSR count). The van der Waals surface area contributed by atoms with E-state index >= 15 is 0 Å². The minimum atomic E-state index is -0.830. The van der Waals surface area contributed by atoms with E-state index in [-0.39, 0.29) is 24.5 Å². The van der Waals surface area contributed by atoms with Gasteiger partial charge in [0.2, 0.25) is 0 Å². The Hall–Kier alpha value is -0.950. The summed E-state index contributed by atoms with van der Waals surface area (Å²) in [5.41, 5.74) is 0. The fourth-order valence-corrected chi connectivity index (χ4v) is 4.16. The SMILES string of the molecule is CC1CN(C)CCCN1C(=O)N1CCSCC1CC(=O)O. The predicted octanol–water partition coefficient (Wildman–Crippen LogP) is 1.02. The van der Waals surface area contributed by atoms with Gasteiger partial charge < -0.3 is 19.8 Å². The van der Waals surface area contributed by atoms with Crippen LogP contribution in [0.3, 0.4) is 0 Å². The second-order valence-electron chi connectivity index (χ2n) is 5.96. The van der Waals surface area contributed by atoms with Crippen molar-refractivity contribution in [1.29, 1.82) is 0 Å². The summed E-state index contributed by atoms with van der Waals surface area (Å²) in [6, 6.07) is 0.0105. The Morgan fingerprint density at radius 2 is 2.00 bits per heavy atom. The molecule has 0 radical (unpaired) electrons. The Morgan fingerprint density at radius 3 is 2.71 bits per heavy atom. The number of amides is 2. The molecule has 0 aromatic carbocycles. The molecule has 0 spiro atoms. The lowest BCUT2D eigenvalue weighted by Crippen LogP contribution is -2.55. The molecule has 120 valence electrons. The highest BCUT2D eigenvalue weighted by molar-refractivity contribution is 7.99. The van der Waals surface area contributed by atoms with Gasteiger partial charge in [-0.15, -0.1) is 0 Å². The van der Waals surface area contributed by atoms with Crippen molar-refractivity contribution in [2.45, 2.75) is 31.8 Å². The number of likely N-dealkylation sites (N-methyl/N-ethyl adjacent to an activating group) is 1. The summed E-state index contributed by atoms with van der Waals surface area (Å²) in [6.07, 6.45) is 1.01. The van der Waals surface area contributed by atoms with E-state index in [2.05, 4.69) is 18.9 Å². The molecule has 2 unspecified atom stereocenters. The van der Waals surface area contributed by atoms with E-state index in [4.69, 9.17) is 5.11 Å². The largest absolute Gasteiger partial charge is 0.481 e. The lowest BCUT2D eigenvalue weighted by atomic mass is 10.2. The lowest BCUT2D eigenvalue weighted by molar-refractivity contribution is -0.138. The number of carboxylic acids is 1. The molecule has 2 atom stereocenters. The zero-order valence-corrected chi connectivity index (χ0v) is 13.6. The van der Waals surface area contributed by atoms with Gasteiger partial charge in [0, 0.05) is 37.2 Å². The first-order chi connectivity index (χ1) is 9.99. The second-order valence-corrected chi connectivity index (χ2v) is 7.11. The van der Waals surface area contributed by atoms with Crippen molar-refractivity contribution in [1.82, 2.24) is 14.7 Å². The fraction of sp³-hybridized carbons (Fsp3) is 0.857. The van der Waals surface area contributed by atoms with Crippen LogP contribution in [-0.4, -0.2) is 88.6 Å². The molecule has 1 N–H and O–H groups in total. The van der Waals surface area contributed by atoms with E-state index in [1.807, 2.05) is 4.90 Å². The molecule has 7 heteroatoms. The minimum Gasteiger partial charge on any atom is -0.481 e. The monoisotopic (exact) mass is 315 g/mol. The third-order valence-corrected chi connectivity index (χ3v) is 5.27. The zero-order chi connectivity index (χ0) is 15.4. The molecular formula is C14H25N3O3S. The van der Waals surface area contributed by atoms with Gasteiger partial charge in [-0.3, -0.25) is 4.79 Å². The van der Waals surface area contributed by atoms with Gasteiger partial charge in [0.1, 0.15) is 0 Å². The van der Waals surface area contributed by atoms with E-state index in [1.54, 1.807) is 16.7 Å². The first-order valence-corrected chi connectivity index (χ1v) is 8.70. The van der Waals surface area contributed by atoms with Crippen LogP contribution >= 0.6 is 11.8 Å². The maximum Gasteiger partial charge on any atom is 0.320 e. The average molecular weight is 315 g/mol. The van der Waals surface area contributed by atoms with Gasteiger partial charge in [-0.2, -0.15) is 11.8 Å². The van der Waals surface area contributed by atoms with Crippen LogP contribution in [0.2, 0.25) is 0 Å². The average Bonchev–Trinajstić information content (AvgIpc) is 2.58. The van der Waals surface area contributed by atoms with E-state index in [1.165, 1.54) is 0 Å². The Kier molecular flexibility index (Phi) is 5.75. The number of urea groups is 1. The summed E-state index contributed by atoms with van der Waals surface area (Å²) in [7, 11) is 2.08. The highest BCUT2D eigenvalue weighted by Crippen LogP contribution is 2.22. The molecular weight excluding hydrogens is 290 g/mol. The van der Waals surface area contributed by atoms with E-state index in [0.717, 1.165) is 37.6 Å². The molecule has 2 heterocycles. The smallest absolute Gasteiger partial charge is 0.320 e. The summed E-state index contributed by atoms with van der Waals surface area (Å²) in [6.45, 7) is 5.36. The van der Waals surface area contributed by atoms with Crippen LogP contribution in [-0.2, 0) is 4.79 Å². The summed E-state index contributed by atoms with van der Waals surface area (Å²) < 4.78 is 0. The molecule has 21 heavy (non-hydrogen) atoms. The number of thioether (sulfide) groups is 1. The Bertz CT molecular complexity index is 394. The molecule has 0 saturated carbocycles. The zero-order valence-electron chi connectivity index (χ0n) is 12.8. The third-order valence-electron chi connectivity index (χ3n) is 4.18. The van der Waals surface area contributed by atoms with Gasteiger partial charge in [-0.1, -0.05) is 0 Å². The minimum absolute atomic E-state index is 0.0179.